The summed E-state index contributed by atoms with van der Waals surface area (Å²) in [5.74, 6) is 1.12. The summed E-state index contributed by atoms with van der Waals surface area (Å²) in [5.41, 5.74) is 2.71. The van der Waals surface area contributed by atoms with E-state index in [2.05, 4.69) is 39.5 Å². The van der Waals surface area contributed by atoms with Crippen LogP contribution in [0.25, 0.3) is 0 Å². The zero-order chi connectivity index (χ0) is 18.4. The summed E-state index contributed by atoms with van der Waals surface area (Å²) in [4.78, 5) is 10.8. The Kier molecular flexibility index (Phi) is 4.40. The molecule has 1 N–H and O–H groups in total. The van der Waals surface area contributed by atoms with E-state index in [-0.39, 0.29) is 23.6 Å². The Hall–Kier alpha value is -2.05. The van der Waals surface area contributed by atoms with Crippen LogP contribution in [-0.4, -0.2) is 12.0 Å². The Labute approximate surface area is 164 Å². The van der Waals surface area contributed by atoms with Crippen LogP contribution in [0, 0.1) is 16.0 Å². The smallest absolute Gasteiger partial charge is 0.271 e. The van der Waals surface area contributed by atoms with Crippen LogP contribution < -0.4 is 10.1 Å². The molecule has 26 heavy (non-hydrogen) atoms. The second kappa shape index (κ2) is 6.59. The van der Waals surface area contributed by atoms with E-state index in [0.29, 0.717) is 5.02 Å². The predicted octanol–water partition coefficient (Wildman–Crippen LogP) is 5.85. The van der Waals surface area contributed by atoms with Crippen molar-refractivity contribution in [1.29, 1.82) is 0 Å². The molecule has 0 bridgehead atoms. The third kappa shape index (κ3) is 2.77. The van der Waals surface area contributed by atoms with Crippen LogP contribution >= 0.6 is 27.5 Å². The van der Waals surface area contributed by atoms with Gasteiger partial charge in [0.25, 0.3) is 5.69 Å². The third-order valence-electron chi connectivity index (χ3n) is 5.14. The fourth-order valence-corrected chi connectivity index (χ4v) is 4.66. The minimum Gasteiger partial charge on any atom is -0.496 e. The number of hydrogen-bond acceptors (Lipinski definition) is 4. The SMILES string of the molecule is COc1ccc(Br)cc1[C@@H]1Nc2c(Cl)cc([N+](=O)[O-])cc2[C@@H]2C=CC[C@H]21. The molecule has 0 aromatic heterocycles. The molecule has 0 spiro atoms. The average Bonchev–Trinajstić information content (AvgIpc) is 3.11. The number of nitrogens with one attached hydrogen (secondary N) is 1. The van der Waals surface area contributed by atoms with Gasteiger partial charge in [0.05, 0.1) is 28.8 Å². The number of nitro benzene ring substituents is 1. The highest BCUT2D eigenvalue weighted by molar-refractivity contribution is 9.10. The lowest BCUT2D eigenvalue weighted by atomic mass is 9.76. The van der Waals surface area contributed by atoms with E-state index < -0.39 is 4.92 Å². The monoisotopic (exact) mass is 434 g/mol. The molecule has 1 aliphatic heterocycles. The van der Waals surface area contributed by atoms with Gasteiger partial charge in [-0.1, -0.05) is 39.7 Å². The lowest BCUT2D eigenvalue weighted by Gasteiger charge is -2.38. The molecule has 7 heteroatoms. The molecular formula is C19H16BrClN2O3. The molecule has 5 nitrogen and oxygen atoms in total. The summed E-state index contributed by atoms with van der Waals surface area (Å²) in [7, 11) is 1.66. The van der Waals surface area contributed by atoms with Crippen LogP contribution in [0.15, 0.2) is 47.0 Å². The largest absolute Gasteiger partial charge is 0.496 e. The standard InChI is InChI=1S/C19H16BrClN2O3/c1-26-17-6-5-10(20)7-15(17)18-13-4-2-3-12(13)14-8-11(23(24)25)9-16(21)19(14)22-18/h2-3,5-9,12-13,18,22H,4H2,1H3/t12-,13-,18-/m1/s1. The van der Waals surface area contributed by atoms with Gasteiger partial charge in [-0.05, 0) is 36.1 Å². The van der Waals surface area contributed by atoms with Crippen molar-refractivity contribution in [3.8, 4) is 5.75 Å². The molecule has 0 amide bonds. The minimum absolute atomic E-state index is 0.00564. The van der Waals surface area contributed by atoms with E-state index in [4.69, 9.17) is 16.3 Å². The number of nitrogens with zero attached hydrogens (tertiary/aromatic N) is 1. The summed E-state index contributed by atoms with van der Waals surface area (Å²) in [6, 6.07) is 8.97. The van der Waals surface area contributed by atoms with Crippen molar-refractivity contribution >= 4 is 38.9 Å². The summed E-state index contributed by atoms with van der Waals surface area (Å²) >= 11 is 9.94. The fourth-order valence-electron chi connectivity index (χ4n) is 4.00. The van der Waals surface area contributed by atoms with Crippen LogP contribution in [0.3, 0.4) is 0 Å². The van der Waals surface area contributed by atoms with Gasteiger partial charge < -0.3 is 10.1 Å². The molecule has 0 saturated carbocycles. The molecule has 0 radical (unpaired) electrons. The highest BCUT2D eigenvalue weighted by atomic mass is 79.9. The Morgan fingerprint density at radius 3 is 2.85 bits per heavy atom. The predicted molar refractivity (Wildman–Crippen MR) is 105 cm³/mol. The molecule has 3 atom stereocenters. The van der Waals surface area contributed by atoms with E-state index >= 15 is 0 Å². The van der Waals surface area contributed by atoms with Crippen LogP contribution in [-0.2, 0) is 0 Å². The topological polar surface area (TPSA) is 64.4 Å². The van der Waals surface area contributed by atoms with E-state index in [1.165, 1.54) is 6.07 Å². The Morgan fingerprint density at radius 1 is 1.31 bits per heavy atom. The maximum Gasteiger partial charge on any atom is 0.271 e. The van der Waals surface area contributed by atoms with Crippen molar-refractivity contribution in [2.24, 2.45) is 5.92 Å². The number of non-ortho nitro benzene ring substituents is 1. The highest BCUT2D eigenvalue weighted by Gasteiger charge is 2.40. The lowest BCUT2D eigenvalue weighted by molar-refractivity contribution is -0.384. The van der Waals surface area contributed by atoms with Crippen molar-refractivity contribution in [2.75, 3.05) is 12.4 Å². The van der Waals surface area contributed by atoms with Gasteiger partial charge in [0.15, 0.2) is 0 Å². The molecule has 4 rings (SSSR count). The summed E-state index contributed by atoms with van der Waals surface area (Å²) < 4.78 is 6.54. The van der Waals surface area contributed by atoms with Crippen LogP contribution in [0.2, 0.25) is 5.02 Å². The van der Waals surface area contributed by atoms with E-state index in [1.54, 1.807) is 13.2 Å². The van der Waals surface area contributed by atoms with Gasteiger partial charge in [0.2, 0.25) is 0 Å². The number of methoxy groups -OCH3 is 1. The molecule has 1 aliphatic carbocycles. The minimum atomic E-state index is -0.400. The maximum absolute atomic E-state index is 11.2. The van der Waals surface area contributed by atoms with E-state index in [1.807, 2.05) is 12.1 Å². The quantitative estimate of drug-likeness (QED) is 0.373. The third-order valence-corrected chi connectivity index (χ3v) is 5.93. The van der Waals surface area contributed by atoms with Crippen molar-refractivity contribution < 1.29 is 9.66 Å². The van der Waals surface area contributed by atoms with Gasteiger partial charge >= 0.3 is 0 Å². The molecule has 2 aliphatic rings. The van der Waals surface area contributed by atoms with Gasteiger partial charge in [-0.25, -0.2) is 0 Å². The molecular weight excluding hydrogens is 420 g/mol. The number of rotatable bonds is 3. The average molecular weight is 436 g/mol. The fraction of sp³-hybridized carbons (Fsp3) is 0.263. The molecule has 2 aromatic rings. The number of hydrogen-bond donors (Lipinski definition) is 1. The Morgan fingerprint density at radius 2 is 2.12 bits per heavy atom. The molecule has 0 unspecified atom stereocenters. The molecule has 0 fully saturated rings. The highest BCUT2D eigenvalue weighted by Crippen LogP contribution is 2.53. The number of allylic oxidation sites excluding steroid dienone is 2. The van der Waals surface area contributed by atoms with Crippen molar-refractivity contribution in [2.45, 2.75) is 18.4 Å². The Bertz CT molecular complexity index is 931. The first-order chi connectivity index (χ1) is 12.5. The van der Waals surface area contributed by atoms with Crippen molar-refractivity contribution in [3.63, 3.8) is 0 Å². The summed E-state index contributed by atoms with van der Waals surface area (Å²) in [5, 5.41) is 15.1. The van der Waals surface area contributed by atoms with Gasteiger partial charge in [-0.2, -0.15) is 0 Å². The number of ether oxygens (including phenoxy) is 1. The van der Waals surface area contributed by atoms with Crippen LogP contribution in [0.1, 0.15) is 29.5 Å². The Balaban J connectivity index is 1.86. The molecule has 0 saturated heterocycles. The summed E-state index contributed by atoms with van der Waals surface area (Å²) in [6.45, 7) is 0. The van der Waals surface area contributed by atoms with Gasteiger partial charge in [-0.3, -0.25) is 10.1 Å². The van der Waals surface area contributed by atoms with Crippen LogP contribution in [0.4, 0.5) is 11.4 Å². The molecule has 2 aromatic carbocycles. The first kappa shape index (κ1) is 17.4. The van der Waals surface area contributed by atoms with Crippen molar-refractivity contribution in [1.82, 2.24) is 0 Å². The number of nitro groups is 1. The number of benzene rings is 2. The number of halogens is 2. The number of fused-ring (bicyclic) bond motifs is 3. The zero-order valence-corrected chi connectivity index (χ0v) is 16.3. The second-order valence-corrected chi connectivity index (χ2v) is 7.83. The zero-order valence-electron chi connectivity index (χ0n) is 13.9. The molecule has 1 heterocycles. The van der Waals surface area contributed by atoms with Crippen molar-refractivity contribution in [3.05, 3.63) is 73.2 Å². The number of anilines is 1. The van der Waals surface area contributed by atoms with E-state index in [9.17, 15) is 10.1 Å². The summed E-state index contributed by atoms with van der Waals surface area (Å²) in [6.07, 6.45) is 5.15. The normalized spacial score (nSPS) is 23.1. The molecule has 134 valence electrons. The lowest BCUT2D eigenvalue weighted by Crippen LogP contribution is -2.29. The maximum atomic E-state index is 11.2. The first-order valence-corrected chi connectivity index (χ1v) is 9.41. The second-order valence-electron chi connectivity index (χ2n) is 6.51. The van der Waals surface area contributed by atoms with Gasteiger partial charge in [-0.15, -0.1) is 0 Å². The van der Waals surface area contributed by atoms with Crippen LogP contribution in [0.5, 0.6) is 5.75 Å². The van der Waals surface area contributed by atoms with Gasteiger partial charge in [0, 0.05) is 28.1 Å². The van der Waals surface area contributed by atoms with E-state index in [0.717, 1.165) is 33.5 Å². The first-order valence-electron chi connectivity index (χ1n) is 8.24. The van der Waals surface area contributed by atoms with Gasteiger partial charge in [0.1, 0.15) is 5.75 Å².